The molecule has 1 aromatic carbocycles. The number of ether oxygens (including phenoxy) is 1. The number of likely N-dealkylation sites (N-methyl/N-ethyl adjacent to an activating group) is 1. The standard InChI is InChI=1S/C22H30ClN5O2S/c1-16(20(29)26(2)14-15-30-19-10-6-17(23)7-11-19)31-22-25-24-21(28(22)18-8-9-18)27-12-4-3-5-13-27/h6-7,10-11,16,18H,3-5,8-9,12-15H2,1-2H3. The van der Waals surface area contributed by atoms with Crippen LogP contribution in [0.3, 0.4) is 0 Å². The van der Waals surface area contributed by atoms with E-state index in [1.165, 1.54) is 31.0 Å². The Morgan fingerprint density at radius 1 is 1.23 bits per heavy atom. The summed E-state index contributed by atoms with van der Waals surface area (Å²) in [6.45, 7) is 4.97. The van der Waals surface area contributed by atoms with E-state index in [0.717, 1.165) is 42.8 Å². The van der Waals surface area contributed by atoms with Gasteiger partial charge < -0.3 is 14.5 Å². The normalized spacial score (nSPS) is 17.5. The average Bonchev–Trinajstić information content (AvgIpc) is 3.54. The summed E-state index contributed by atoms with van der Waals surface area (Å²) in [5, 5.41) is 10.3. The number of carbonyl (C=O) groups excluding carboxylic acids is 1. The van der Waals surface area contributed by atoms with Crippen molar-refractivity contribution >= 4 is 35.2 Å². The Hall–Kier alpha value is -1.93. The zero-order valence-corrected chi connectivity index (χ0v) is 19.7. The molecule has 1 aliphatic carbocycles. The fraction of sp³-hybridized carbons (Fsp3) is 0.591. The summed E-state index contributed by atoms with van der Waals surface area (Å²) in [6, 6.07) is 7.71. The highest BCUT2D eigenvalue weighted by molar-refractivity contribution is 8.00. The van der Waals surface area contributed by atoms with Gasteiger partial charge in [-0.1, -0.05) is 23.4 Å². The number of hydrogen-bond acceptors (Lipinski definition) is 6. The summed E-state index contributed by atoms with van der Waals surface area (Å²) >= 11 is 7.40. The number of anilines is 1. The van der Waals surface area contributed by atoms with Gasteiger partial charge in [0.1, 0.15) is 12.4 Å². The minimum absolute atomic E-state index is 0.0644. The van der Waals surface area contributed by atoms with Crippen molar-refractivity contribution < 1.29 is 9.53 Å². The highest BCUT2D eigenvalue weighted by atomic mass is 35.5. The third kappa shape index (κ3) is 5.66. The van der Waals surface area contributed by atoms with Crippen LogP contribution in [-0.2, 0) is 4.79 Å². The van der Waals surface area contributed by atoms with Crippen molar-refractivity contribution in [1.29, 1.82) is 0 Å². The average molecular weight is 464 g/mol. The van der Waals surface area contributed by atoms with Crippen LogP contribution >= 0.6 is 23.4 Å². The van der Waals surface area contributed by atoms with Gasteiger partial charge in [0.05, 0.1) is 11.8 Å². The summed E-state index contributed by atoms with van der Waals surface area (Å²) in [5.41, 5.74) is 0. The van der Waals surface area contributed by atoms with E-state index < -0.39 is 0 Å². The molecule has 0 spiro atoms. The van der Waals surface area contributed by atoms with E-state index in [-0.39, 0.29) is 11.2 Å². The number of amides is 1. The molecule has 2 aliphatic rings. The zero-order chi connectivity index (χ0) is 21.8. The fourth-order valence-corrected chi connectivity index (χ4v) is 4.93. The molecule has 1 unspecified atom stereocenters. The van der Waals surface area contributed by atoms with E-state index in [4.69, 9.17) is 16.3 Å². The molecule has 1 aromatic heterocycles. The third-order valence-corrected chi connectivity index (χ3v) is 7.01. The van der Waals surface area contributed by atoms with Crippen molar-refractivity contribution in [2.75, 3.05) is 38.2 Å². The number of thioether (sulfide) groups is 1. The molecule has 1 amide bonds. The smallest absolute Gasteiger partial charge is 0.235 e. The number of aromatic nitrogens is 3. The maximum atomic E-state index is 12.9. The van der Waals surface area contributed by atoms with Gasteiger partial charge in [-0.15, -0.1) is 10.2 Å². The first-order valence-electron chi connectivity index (χ1n) is 11.0. The van der Waals surface area contributed by atoms with Crippen LogP contribution in [0.5, 0.6) is 5.75 Å². The van der Waals surface area contributed by atoms with Crippen LogP contribution in [0, 0.1) is 0 Å². The molecule has 7 nitrogen and oxygen atoms in total. The largest absolute Gasteiger partial charge is 0.492 e. The lowest BCUT2D eigenvalue weighted by atomic mass is 10.1. The van der Waals surface area contributed by atoms with Crippen LogP contribution in [0.15, 0.2) is 29.4 Å². The molecule has 1 atom stereocenters. The van der Waals surface area contributed by atoms with E-state index in [9.17, 15) is 4.79 Å². The van der Waals surface area contributed by atoms with Gasteiger partial charge in [-0.2, -0.15) is 0 Å². The van der Waals surface area contributed by atoms with Crippen LogP contribution in [-0.4, -0.2) is 64.1 Å². The number of benzene rings is 1. The molecular formula is C22H30ClN5O2S. The summed E-state index contributed by atoms with van der Waals surface area (Å²) in [4.78, 5) is 17.0. The molecule has 0 radical (unpaired) electrons. The summed E-state index contributed by atoms with van der Waals surface area (Å²) in [5.74, 6) is 1.79. The molecule has 9 heteroatoms. The van der Waals surface area contributed by atoms with Crippen LogP contribution in [0.25, 0.3) is 0 Å². The van der Waals surface area contributed by atoms with E-state index >= 15 is 0 Å². The molecule has 0 bridgehead atoms. The van der Waals surface area contributed by atoms with Gasteiger partial charge in [-0.25, -0.2) is 0 Å². The molecule has 1 saturated carbocycles. The van der Waals surface area contributed by atoms with Crippen molar-refractivity contribution in [3.8, 4) is 5.75 Å². The summed E-state index contributed by atoms with van der Waals surface area (Å²) in [7, 11) is 1.81. The van der Waals surface area contributed by atoms with Crippen molar-refractivity contribution in [1.82, 2.24) is 19.7 Å². The summed E-state index contributed by atoms with van der Waals surface area (Å²) in [6.07, 6.45) is 6.03. The first-order chi connectivity index (χ1) is 15.0. The lowest BCUT2D eigenvalue weighted by Crippen LogP contribution is -2.36. The lowest BCUT2D eigenvalue weighted by molar-refractivity contribution is -0.129. The maximum Gasteiger partial charge on any atom is 0.235 e. The van der Waals surface area contributed by atoms with Gasteiger partial charge in [0, 0.05) is 31.2 Å². The van der Waals surface area contributed by atoms with E-state index in [1.54, 1.807) is 17.0 Å². The number of piperidine rings is 1. The predicted molar refractivity (Wildman–Crippen MR) is 124 cm³/mol. The second-order valence-electron chi connectivity index (χ2n) is 8.25. The molecule has 2 fully saturated rings. The molecule has 0 N–H and O–H groups in total. The number of halogens is 1. The molecule has 1 saturated heterocycles. The maximum absolute atomic E-state index is 12.9. The first kappa shape index (κ1) is 22.3. The van der Waals surface area contributed by atoms with Crippen LogP contribution in [0.1, 0.15) is 45.1 Å². The zero-order valence-electron chi connectivity index (χ0n) is 18.2. The van der Waals surface area contributed by atoms with Crippen molar-refractivity contribution in [2.24, 2.45) is 0 Å². The number of carbonyl (C=O) groups is 1. The summed E-state index contributed by atoms with van der Waals surface area (Å²) < 4.78 is 7.99. The van der Waals surface area contributed by atoms with Gasteiger partial charge in [-0.3, -0.25) is 9.36 Å². The first-order valence-corrected chi connectivity index (χ1v) is 12.3. The van der Waals surface area contributed by atoms with Crippen LogP contribution in [0.2, 0.25) is 5.02 Å². The van der Waals surface area contributed by atoms with Crippen LogP contribution in [0.4, 0.5) is 5.95 Å². The molecule has 2 aromatic rings. The topological polar surface area (TPSA) is 63.5 Å². The van der Waals surface area contributed by atoms with Gasteiger partial charge >= 0.3 is 0 Å². The van der Waals surface area contributed by atoms with Gasteiger partial charge in [0.15, 0.2) is 5.16 Å². The van der Waals surface area contributed by atoms with Gasteiger partial charge in [0.2, 0.25) is 11.9 Å². The predicted octanol–water partition coefficient (Wildman–Crippen LogP) is 4.27. The Morgan fingerprint density at radius 2 is 1.94 bits per heavy atom. The fourth-order valence-electron chi connectivity index (χ4n) is 3.77. The Bertz CT molecular complexity index is 881. The van der Waals surface area contributed by atoms with E-state index in [1.807, 2.05) is 26.1 Å². The second kappa shape index (κ2) is 10.1. The minimum atomic E-state index is -0.239. The minimum Gasteiger partial charge on any atom is -0.492 e. The van der Waals surface area contributed by atoms with Crippen molar-refractivity contribution in [3.05, 3.63) is 29.3 Å². The quantitative estimate of drug-likeness (QED) is 0.517. The van der Waals surface area contributed by atoms with E-state index in [2.05, 4.69) is 19.7 Å². The monoisotopic (exact) mass is 463 g/mol. The Morgan fingerprint density at radius 3 is 2.61 bits per heavy atom. The molecule has 4 rings (SSSR count). The number of rotatable bonds is 9. The second-order valence-corrected chi connectivity index (χ2v) is 10.00. The molecule has 168 valence electrons. The van der Waals surface area contributed by atoms with Crippen molar-refractivity contribution in [3.63, 3.8) is 0 Å². The molecule has 1 aliphatic heterocycles. The van der Waals surface area contributed by atoms with Gasteiger partial charge in [0.25, 0.3) is 0 Å². The highest BCUT2D eigenvalue weighted by Crippen LogP contribution is 2.42. The number of nitrogens with zero attached hydrogens (tertiary/aromatic N) is 5. The van der Waals surface area contributed by atoms with Crippen LogP contribution < -0.4 is 9.64 Å². The molecule has 31 heavy (non-hydrogen) atoms. The molecular weight excluding hydrogens is 434 g/mol. The Balaban J connectivity index is 1.32. The lowest BCUT2D eigenvalue weighted by Gasteiger charge is -2.28. The third-order valence-electron chi connectivity index (χ3n) is 5.71. The van der Waals surface area contributed by atoms with Crippen molar-refractivity contribution in [2.45, 2.75) is 55.5 Å². The Kier molecular flexibility index (Phi) is 7.27. The SMILES string of the molecule is CC(Sc1nnc(N2CCCCC2)n1C1CC1)C(=O)N(C)CCOc1ccc(Cl)cc1. The van der Waals surface area contributed by atoms with Gasteiger partial charge in [-0.05, 0) is 63.3 Å². The molecule has 2 heterocycles. The Labute approximate surface area is 193 Å². The van der Waals surface area contributed by atoms with E-state index in [0.29, 0.717) is 24.2 Å². The number of hydrogen-bond donors (Lipinski definition) is 0. The highest BCUT2D eigenvalue weighted by Gasteiger charge is 2.33.